The minimum atomic E-state index is 0.134. The van der Waals surface area contributed by atoms with Gasteiger partial charge in [0.1, 0.15) is 0 Å². The average Bonchev–Trinajstić information content (AvgIpc) is 2.16. The summed E-state index contributed by atoms with van der Waals surface area (Å²) >= 11 is 5.73. The molecular formula is C11H15ClO2. The van der Waals surface area contributed by atoms with Crippen molar-refractivity contribution in [3.05, 3.63) is 23.8 Å². The number of hydrogen-bond acceptors (Lipinski definition) is 2. The van der Waals surface area contributed by atoms with Crippen LogP contribution in [0.1, 0.15) is 19.4 Å². The smallest absolute Gasteiger partial charge is 0.161 e. The van der Waals surface area contributed by atoms with Crippen LogP contribution < -0.4 is 9.47 Å². The molecule has 0 unspecified atom stereocenters. The zero-order valence-electron chi connectivity index (χ0n) is 8.71. The molecule has 0 atom stereocenters. The molecule has 1 aromatic carbocycles. The normalized spacial score (nSPS) is 10.4. The maximum atomic E-state index is 5.73. The summed E-state index contributed by atoms with van der Waals surface area (Å²) in [6, 6.07) is 5.71. The van der Waals surface area contributed by atoms with Crippen molar-refractivity contribution in [1.29, 1.82) is 0 Å². The molecule has 14 heavy (non-hydrogen) atoms. The first kappa shape index (κ1) is 11.2. The number of alkyl halides is 1. The second-order valence-corrected chi connectivity index (χ2v) is 3.55. The molecule has 0 bridgehead atoms. The van der Waals surface area contributed by atoms with Crippen molar-refractivity contribution in [3.8, 4) is 11.5 Å². The molecule has 0 aliphatic heterocycles. The first-order chi connectivity index (χ1) is 6.67. The van der Waals surface area contributed by atoms with E-state index in [0.717, 1.165) is 17.1 Å². The maximum Gasteiger partial charge on any atom is 0.161 e. The SMILES string of the molecule is COc1ccc(CCl)cc1OC(C)C. The van der Waals surface area contributed by atoms with Gasteiger partial charge in [-0.3, -0.25) is 0 Å². The van der Waals surface area contributed by atoms with Crippen molar-refractivity contribution in [1.82, 2.24) is 0 Å². The summed E-state index contributed by atoms with van der Waals surface area (Å²) in [5.41, 5.74) is 1.03. The average molecular weight is 215 g/mol. The molecule has 0 heterocycles. The number of halogens is 1. The zero-order chi connectivity index (χ0) is 10.6. The maximum absolute atomic E-state index is 5.73. The molecule has 0 saturated heterocycles. The van der Waals surface area contributed by atoms with E-state index in [1.165, 1.54) is 0 Å². The van der Waals surface area contributed by atoms with Gasteiger partial charge >= 0.3 is 0 Å². The fraction of sp³-hybridized carbons (Fsp3) is 0.455. The van der Waals surface area contributed by atoms with E-state index in [0.29, 0.717) is 5.88 Å². The number of benzene rings is 1. The molecule has 2 nitrogen and oxygen atoms in total. The highest BCUT2D eigenvalue weighted by atomic mass is 35.5. The molecule has 0 spiro atoms. The molecule has 0 radical (unpaired) electrons. The van der Waals surface area contributed by atoms with Crippen LogP contribution in [0.2, 0.25) is 0 Å². The van der Waals surface area contributed by atoms with Gasteiger partial charge in [-0.25, -0.2) is 0 Å². The molecule has 0 fully saturated rings. The summed E-state index contributed by atoms with van der Waals surface area (Å²) in [7, 11) is 1.63. The quantitative estimate of drug-likeness (QED) is 0.717. The van der Waals surface area contributed by atoms with Crippen molar-refractivity contribution >= 4 is 11.6 Å². The van der Waals surface area contributed by atoms with E-state index in [1.54, 1.807) is 7.11 Å². The van der Waals surface area contributed by atoms with E-state index >= 15 is 0 Å². The minimum absolute atomic E-state index is 0.134. The largest absolute Gasteiger partial charge is 0.493 e. The van der Waals surface area contributed by atoms with Crippen LogP contribution in [0.3, 0.4) is 0 Å². The van der Waals surface area contributed by atoms with E-state index in [1.807, 2.05) is 32.0 Å². The Morgan fingerprint density at radius 1 is 1.29 bits per heavy atom. The van der Waals surface area contributed by atoms with Gasteiger partial charge in [0.25, 0.3) is 0 Å². The monoisotopic (exact) mass is 214 g/mol. The van der Waals surface area contributed by atoms with Crippen LogP contribution in [-0.4, -0.2) is 13.2 Å². The third kappa shape index (κ3) is 2.81. The lowest BCUT2D eigenvalue weighted by atomic mass is 10.2. The van der Waals surface area contributed by atoms with Gasteiger partial charge in [-0.15, -0.1) is 11.6 Å². The number of hydrogen-bond donors (Lipinski definition) is 0. The van der Waals surface area contributed by atoms with Crippen LogP contribution in [0, 0.1) is 0 Å². The van der Waals surface area contributed by atoms with Crippen LogP contribution in [-0.2, 0) is 5.88 Å². The molecular weight excluding hydrogens is 200 g/mol. The van der Waals surface area contributed by atoms with E-state index in [-0.39, 0.29) is 6.10 Å². The predicted octanol–water partition coefficient (Wildman–Crippen LogP) is 3.22. The molecule has 1 rings (SSSR count). The Morgan fingerprint density at radius 2 is 2.00 bits per heavy atom. The van der Waals surface area contributed by atoms with Gasteiger partial charge < -0.3 is 9.47 Å². The van der Waals surface area contributed by atoms with Crippen molar-refractivity contribution in [2.45, 2.75) is 25.8 Å². The van der Waals surface area contributed by atoms with E-state index in [9.17, 15) is 0 Å². The van der Waals surface area contributed by atoms with Crippen LogP contribution in [0.5, 0.6) is 11.5 Å². The molecule has 0 aliphatic rings. The highest BCUT2D eigenvalue weighted by Crippen LogP contribution is 2.29. The number of methoxy groups -OCH3 is 1. The van der Waals surface area contributed by atoms with Gasteiger partial charge in [0.15, 0.2) is 11.5 Å². The van der Waals surface area contributed by atoms with Gasteiger partial charge in [0, 0.05) is 5.88 Å². The highest BCUT2D eigenvalue weighted by Gasteiger charge is 2.06. The van der Waals surface area contributed by atoms with E-state index in [4.69, 9.17) is 21.1 Å². The first-order valence-electron chi connectivity index (χ1n) is 4.57. The molecule has 0 aromatic heterocycles. The summed E-state index contributed by atoms with van der Waals surface area (Å²) in [6.45, 7) is 3.96. The summed E-state index contributed by atoms with van der Waals surface area (Å²) in [4.78, 5) is 0. The number of ether oxygens (including phenoxy) is 2. The Morgan fingerprint density at radius 3 is 2.50 bits per heavy atom. The number of rotatable bonds is 4. The van der Waals surface area contributed by atoms with Gasteiger partial charge in [0.05, 0.1) is 13.2 Å². The second-order valence-electron chi connectivity index (χ2n) is 3.29. The highest BCUT2D eigenvalue weighted by molar-refractivity contribution is 6.17. The van der Waals surface area contributed by atoms with Crippen molar-refractivity contribution in [3.63, 3.8) is 0 Å². The minimum Gasteiger partial charge on any atom is -0.493 e. The molecule has 0 amide bonds. The molecule has 78 valence electrons. The summed E-state index contributed by atoms with van der Waals surface area (Å²) in [5.74, 6) is 1.98. The lowest BCUT2D eigenvalue weighted by Crippen LogP contribution is -2.06. The first-order valence-corrected chi connectivity index (χ1v) is 5.10. The van der Waals surface area contributed by atoms with Gasteiger partial charge in [-0.2, -0.15) is 0 Å². The van der Waals surface area contributed by atoms with Crippen LogP contribution in [0.15, 0.2) is 18.2 Å². The van der Waals surface area contributed by atoms with E-state index < -0.39 is 0 Å². The van der Waals surface area contributed by atoms with Gasteiger partial charge in [-0.05, 0) is 31.5 Å². The van der Waals surface area contributed by atoms with Gasteiger partial charge in [-0.1, -0.05) is 6.07 Å². The van der Waals surface area contributed by atoms with Crippen molar-refractivity contribution < 1.29 is 9.47 Å². The van der Waals surface area contributed by atoms with E-state index in [2.05, 4.69) is 0 Å². The molecule has 1 aromatic rings. The van der Waals surface area contributed by atoms with Crippen molar-refractivity contribution in [2.24, 2.45) is 0 Å². The third-order valence-corrected chi connectivity index (χ3v) is 2.05. The van der Waals surface area contributed by atoms with Crippen LogP contribution in [0.4, 0.5) is 0 Å². The summed E-state index contributed by atoms with van der Waals surface area (Å²) in [5, 5.41) is 0. The van der Waals surface area contributed by atoms with Gasteiger partial charge in [0.2, 0.25) is 0 Å². The molecule has 3 heteroatoms. The Hall–Kier alpha value is -0.890. The molecule has 0 aliphatic carbocycles. The fourth-order valence-corrected chi connectivity index (χ4v) is 1.32. The Bertz CT molecular complexity index is 297. The predicted molar refractivity (Wildman–Crippen MR) is 58.3 cm³/mol. The Labute approximate surface area is 89.8 Å². The second kappa shape index (κ2) is 5.11. The van der Waals surface area contributed by atoms with Crippen LogP contribution >= 0.6 is 11.6 Å². The summed E-state index contributed by atoms with van der Waals surface area (Å²) < 4.78 is 10.8. The molecule has 0 saturated carbocycles. The summed E-state index contributed by atoms with van der Waals surface area (Å²) in [6.07, 6.45) is 0.134. The lowest BCUT2D eigenvalue weighted by molar-refractivity contribution is 0.230. The Kier molecular flexibility index (Phi) is 4.08. The fourth-order valence-electron chi connectivity index (χ4n) is 1.15. The zero-order valence-corrected chi connectivity index (χ0v) is 9.47. The molecule has 0 N–H and O–H groups in total. The van der Waals surface area contributed by atoms with Crippen molar-refractivity contribution in [2.75, 3.05) is 7.11 Å². The third-order valence-electron chi connectivity index (χ3n) is 1.75. The Balaban J connectivity index is 2.96. The lowest BCUT2D eigenvalue weighted by Gasteiger charge is -2.14. The van der Waals surface area contributed by atoms with Crippen LogP contribution in [0.25, 0.3) is 0 Å². The topological polar surface area (TPSA) is 18.5 Å². The standard InChI is InChI=1S/C11H15ClO2/c1-8(2)14-11-6-9(7-12)4-5-10(11)13-3/h4-6,8H,7H2,1-3H3.